The fourth-order valence-corrected chi connectivity index (χ4v) is 7.52. The van der Waals surface area contributed by atoms with E-state index in [0.29, 0.717) is 0 Å². The zero-order chi connectivity index (χ0) is 28.3. The maximum Gasteiger partial charge on any atom is 0.0944 e. The Labute approximate surface area is 250 Å². The van der Waals surface area contributed by atoms with E-state index in [4.69, 9.17) is 4.98 Å². The minimum atomic E-state index is -0.337. The van der Waals surface area contributed by atoms with Crippen LogP contribution in [-0.2, 0) is 6.42 Å². The monoisotopic (exact) mass is 563 g/mol. The van der Waals surface area contributed by atoms with Crippen LogP contribution in [0.3, 0.4) is 0 Å². The first kappa shape index (κ1) is 33.0. The summed E-state index contributed by atoms with van der Waals surface area (Å²) in [6.07, 6.45) is 29.9. The average molecular weight is 564 g/mol. The first-order valence-corrected chi connectivity index (χ1v) is 19.1. The fourth-order valence-electron chi connectivity index (χ4n) is 5.99. The van der Waals surface area contributed by atoms with Gasteiger partial charge in [0.1, 0.15) is 0 Å². The lowest BCUT2D eigenvalue weighted by molar-refractivity contribution is 0.430. The maximum absolute atomic E-state index is 4.73. The predicted octanol–water partition coefficient (Wildman–Crippen LogP) is 9.63. The van der Waals surface area contributed by atoms with Gasteiger partial charge >= 0.3 is 0 Å². The summed E-state index contributed by atoms with van der Waals surface area (Å²) in [6.45, 7) is 7.18. The van der Waals surface area contributed by atoms with E-state index in [1.54, 1.807) is 0 Å². The van der Waals surface area contributed by atoms with Gasteiger partial charge in [-0.15, -0.1) is 0 Å². The van der Waals surface area contributed by atoms with Crippen molar-refractivity contribution in [2.45, 2.75) is 155 Å². The lowest BCUT2D eigenvalue weighted by atomic mass is 9.96. The van der Waals surface area contributed by atoms with E-state index in [0.717, 1.165) is 35.4 Å². The van der Waals surface area contributed by atoms with Crippen molar-refractivity contribution >= 4 is 14.8 Å². The van der Waals surface area contributed by atoms with Gasteiger partial charge < -0.3 is 0 Å². The Bertz CT molecular complexity index is 878. The number of pyridine rings is 1. The molecule has 1 fully saturated rings. The van der Waals surface area contributed by atoms with Crippen LogP contribution in [0.2, 0.25) is 6.04 Å². The standard InChI is InChI=1S/C36H61N3Si/c1-4-5-12-17-30(2)18-13-11-14-19-31(3)29-40-36-27-26-35(38-39-36)33-24-25-34(37-28-33)21-16-10-8-6-7-9-15-20-32-22-23-32/h24-28,30-32H,4-23,29,40H2,1-3H3. The lowest BCUT2D eigenvalue weighted by Gasteiger charge is -2.12. The minimum absolute atomic E-state index is 0.337. The van der Waals surface area contributed by atoms with Gasteiger partial charge in [0.15, 0.2) is 0 Å². The maximum atomic E-state index is 4.73. The average Bonchev–Trinajstić information content (AvgIpc) is 3.80. The molecule has 2 heterocycles. The molecule has 0 bridgehead atoms. The summed E-state index contributed by atoms with van der Waals surface area (Å²) in [5.74, 6) is 2.85. The molecule has 0 N–H and O–H groups in total. The molecule has 0 saturated heterocycles. The molecule has 2 aromatic heterocycles. The van der Waals surface area contributed by atoms with E-state index >= 15 is 0 Å². The lowest BCUT2D eigenvalue weighted by Crippen LogP contribution is -2.21. The number of hydrogen-bond donors (Lipinski definition) is 0. The number of hydrogen-bond acceptors (Lipinski definition) is 3. The second kappa shape index (κ2) is 20.3. The van der Waals surface area contributed by atoms with Gasteiger partial charge in [-0.05, 0) is 54.9 Å². The van der Waals surface area contributed by atoms with E-state index in [9.17, 15) is 0 Å². The summed E-state index contributed by atoms with van der Waals surface area (Å²) in [4.78, 5) is 4.73. The third kappa shape index (κ3) is 14.9. The van der Waals surface area contributed by atoms with Crippen LogP contribution >= 0.6 is 0 Å². The molecule has 0 aliphatic heterocycles. The second-order valence-electron chi connectivity index (χ2n) is 13.3. The topological polar surface area (TPSA) is 38.7 Å². The van der Waals surface area contributed by atoms with E-state index in [1.807, 2.05) is 6.20 Å². The molecule has 3 rings (SSSR count). The van der Waals surface area contributed by atoms with E-state index < -0.39 is 0 Å². The molecule has 224 valence electrons. The van der Waals surface area contributed by atoms with Crippen LogP contribution in [0.1, 0.15) is 148 Å². The van der Waals surface area contributed by atoms with Gasteiger partial charge in [-0.1, -0.05) is 142 Å². The van der Waals surface area contributed by atoms with Crippen LogP contribution < -0.4 is 5.32 Å². The van der Waals surface area contributed by atoms with E-state index in [-0.39, 0.29) is 9.52 Å². The summed E-state index contributed by atoms with van der Waals surface area (Å²) in [5, 5.41) is 10.4. The molecule has 40 heavy (non-hydrogen) atoms. The molecule has 0 aromatic carbocycles. The number of aromatic nitrogens is 3. The van der Waals surface area contributed by atoms with Crippen molar-refractivity contribution in [2.75, 3.05) is 0 Å². The smallest absolute Gasteiger partial charge is 0.0944 e. The van der Waals surface area contributed by atoms with Crippen molar-refractivity contribution in [3.8, 4) is 11.3 Å². The third-order valence-electron chi connectivity index (χ3n) is 9.17. The Kier molecular flexibility index (Phi) is 16.8. The van der Waals surface area contributed by atoms with Crippen LogP contribution in [0, 0.1) is 17.8 Å². The van der Waals surface area contributed by atoms with Crippen LogP contribution in [0.15, 0.2) is 30.5 Å². The quantitative estimate of drug-likeness (QED) is 0.0942. The number of aryl methyl sites for hydroxylation is 1. The van der Waals surface area contributed by atoms with Crippen LogP contribution in [0.25, 0.3) is 11.3 Å². The normalized spacial score (nSPS) is 15.2. The van der Waals surface area contributed by atoms with Gasteiger partial charge in [0.05, 0.1) is 15.2 Å². The van der Waals surface area contributed by atoms with Gasteiger partial charge in [0, 0.05) is 22.8 Å². The summed E-state index contributed by atoms with van der Waals surface area (Å²) < 4.78 is 0. The van der Waals surface area contributed by atoms with Gasteiger partial charge in [0.2, 0.25) is 0 Å². The number of unbranched alkanes of at least 4 members (excludes halogenated alkanes) is 10. The van der Waals surface area contributed by atoms with Crippen LogP contribution in [0.5, 0.6) is 0 Å². The molecule has 2 unspecified atom stereocenters. The summed E-state index contributed by atoms with van der Waals surface area (Å²) in [6, 6.07) is 10.1. The molecule has 0 spiro atoms. The molecule has 1 saturated carbocycles. The molecular weight excluding hydrogens is 503 g/mol. The van der Waals surface area contributed by atoms with Crippen LogP contribution in [0.4, 0.5) is 0 Å². The summed E-state index contributed by atoms with van der Waals surface area (Å²) in [7, 11) is -0.337. The molecule has 2 aromatic rings. The van der Waals surface area contributed by atoms with E-state index in [1.165, 1.54) is 139 Å². The van der Waals surface area contributed by atoms with Gasteiger partial charge in [0.25, 0.3) is 0 Å². The van der Waals surface area contributed by atoms with Gasteiger partial charge in [-0.3, -0.25) is 4.98 Å². The molecule has 1 aliphatic rings. The third-order valence-corrected chi connectivity index (χ3v) is 11.3. The van der Waals surface area contributed by atoms with Crippen molar-refractivity contribution in [2.24, 2.45) is 17.8 Å². The highest BCUT2D eigenvalue weighted by Crippen LogP contribution is 2.34. The molecule has 4 heteroatoms. The summed E-state index contributed by atoms with van der Waals surface area (Å²) in [5.41, 5.74) is 3.25. The Morgan fingerprint density at radius 2 is 1.40 bits per heavy atom. The zero-order valence-corrected chi connectivity index (χ0v) is 27.9. The van der Waals surface area contributed by atoms with Crippen LogP contribution in [-0.4, -0.2) is 24.7 Å². The zero-order valence-electron chi connectivity index (χ0n) is 26.5. The Morgan fingerprint density at radius 3 is 2.05 bits per heavy atom. The van der Waals surface area contributed by atoms with Gasteiger partial charge in [-0.25, -0.2) is 0 Å². The van der Waals surface area contributed by atoms with Crippen molar-refractivity contribution in [3.63, 3.8) is 0 Å². The highest BCUT2D eigenvalue weighted by Gasteiger charge is 2.19. The Morgan fingerprint density at radius 1 is 0.725 bits per heavy atom. The van der Waals surface area contributed by atoms with Crippen molar-refractivity contribution in [1.29, 1.82) is 0 Å². The predicted molar refractivity (Wildman–Crippen MR) is 177 cm³/mol. The van der Waals surface area contributed by atoms with Crippen molar-refractivity contribution in [1.82, 2.24) is 15.2 Å². The molecule has 0 radical (unpaired) electrons. The SMILES string of the molecule is CCCCCC(C)CCCCCC(C)C[SiH2]c1ccc(-c2ccc(CCCCCCCCCC3CC3)nc2)nn1. The number of nitrogens with zero attached hydrogens (tertiary/aromatic N) is 3. The minimum Gasteiger partial charge on any atom is -0.261 e. The Hall–Kier alpha value is -1.55. The summed E-state index contributed by atoms with van der Waals surface area (Å²) >= 11 is 0. The first-order chi connectivity index (χ1) is 19.6. The molecule has 1 aliphatic carbocycles. The second-order valence-corrected chi connectivity index (χ2v) is 15.1. The highest BCUT2D eigenvalue weighted by molar-refractivity contribution is 6.52. The van der Waals surface area contributed by atoms with E-state index in [2.05, 4.69) is 55.2 Å². The molecule has 2 atom stereocenters. The highest BCUT2D eigenvalue weighted by atomic mass is 28.2. The van der Waals surface area contributed by atoms with Crippen molar-refractivity contribution < 1.29 is 0 Å². The molecule has 0 amide bonds. The molecular formula is C36H61N3Si. The number of rotatable bonds is 24. The first-order valence-electron chi connectivity index (χ1n) is 17.4. The molecule has 3 nitrogen and oxygen atoms in total. The fraction of sp³-hybridized carbons (Fsp3) is 0.750. The largest absolute Gasteiger partial charge is 0.261 e. The van der Waals surface area contributed by atoms with Crippen molar-refractivity contribution in [3.05, 3.63) is 36.2 Å². The van der Waals surface area contributed by atoms with Gasteiger partial charge in [-0.2, -0.15) is 10.2 Å². The Balaban J connectivity index is 1.22.